The van der Waals surface area contributed by atoms with Crippen LogP contribution in [-0.4, -0.2) is 22.3 Å². The summed E-state index contributed by atoms with van der Waals surface area (Å²) in [6.07, 6.45) is 0.935. The largest absolute Gasteiger partial charge is 0.457 e. The van der Waals surface area contributed by atoms with Gasteiger partial charge in [-0.2, -0.15) is 0 Å². The molecule has 1 saturated carbocycles. The maximum absolute atomic E-state index is 11.0. The number of para-hydroxylation sites is 1. The van der Waals surface area contributed by atoms with Crippen molar-refractivity contribution in [2.24, 2.45) is 11.7 Å². The number of ether oxygens (including phenoxy) is 1. The van der Waals surface area contributed by atoms with Gasteiger partial charge in [0.25, 0.3) is 0 Å². The summed E-state index contributed by atoms with van der Waals surface area (Å²) in [6, 6.07) is 16.5. The quantitative estimate of drug-likeness (QED) is 0.652. The fourth-order valence-electron chi connectivity index (χ4n) is 2.92. The zero-order valence-corrected chi connectivity index (χ0v) is 12.9. The van der Waals surface area contributed by atoms with E-state index < -0.39 is 6.03 Å². The van der Waals surface area contributed by atoms with E-state index in [1.54, 1.807) is 0 Å². The zero-order valence-electron chi connectivity index (χ0n) is 12.9. The van der Waals surface area contributed by atoms with Crippen LogP contribution in [0.25, 0.3) is 0 Å². The second kappa shape index (κ2) is 6.30. The molecule has 0 radical (unpaired) electrons. The predicted molar refractivity (Wildman–Crippen MR) is 86.5 cm³/mol. The molecule has 1 aliphatic rings. The molecule has 2 aromatic rings. The lowest BCUT2D eigenvalue weighted by molar-refractivity contribution is -0.0760. The molecule has 3 N–H and O–H groups in total. The van der Waals surface area contributed by atoms with Crippen molar-refractivity contribution >= 4 is 6.03 Å². The van der Waals surface area contributed by atoms with Crippen molar-refractivity contribution in [3.8, 4) is 11.5 Å². The molecule has 0 aliphatic heterocycles. The zero-order chi connectivity index (χ0) is 16.4. The number of primary amides is 1. The molecule has 5 heteroatoms. The van der Waals surface area contributed by atoms with Crippen LogP contribution in [0.15, 0.2) is 54.6 Å². The first-order valence-electron chi connectivity index (χ1n) is 7.66. The lowest BCUT2D eigenvalue weighted by atomic mass is 10.1. The molecular weight excluding hydrogens is 292 g/mol. The number of nitrogens with two attached hydrogens (primary N) is 1. The van der Waals surface area contributed by atoms with Crippen molar-refractivity contribution in [2.45, 2.75) is 25.3 Å². The summed E-state index contributed by atoms with van der Waals surface area (Å²) in [5.41, 5.74) is 6.28. The summed E-state index contributed by atoms with van der Waals surface area (Å²) in [5, 5.41) is 10.2. The van der Waals surface area contributed by atoms with E-state index in [1.165, 1.54) is 5.56 Å². The van der Waals surface area contributed by atoms with Crippen LogP contribution in [0.5, 0.6) is 11.5 Å². The monoisotopic (exact) mass is 312 g/mol. The lowest BCUT2D eigenvalue weighted by Gasteiger charge is -2.20. The number of carbonyl (C=O) groups excluding carboxylic acids is 1. The second-order valence-electron chi connectivity index (χ2n) is 5.91. The third-order valence-corrected chi connectivity index (χ3v) is 4.36. The highest BCUT2D eigenvalue weighted by Crippen LogP contribution is 2.50. The molecule has 5 nitrogen and oxygen atoms in total. The van der Waals surface area contributed by atoms with Gasteiger partial charge in [-0.15, -0.1) is 0 Å². The van der Waals surface area contributed by atoms with E-state index in [4.69, 9.17) is 10.5 Å². The molecule has 1 fully saturated rings. The highest BCUT2D eigenvalue weighted by molar-refractivity contribution is 5.71. The first-order chi connectivity index (χ1) is 11.1. The molecule has 3 rings (SSSR count). The summed E-state index contributed by atoms with van der Waals surface area (Å²) in [6.45, 7) is 1.81. The normalized spacial score (nSPS) is 20.6. The van der Waals surface area contributed by atoms with Gasteiger partial charge in [0.05, 0.1) is 6.04 Å². The van der Waals surface area contributed by atoms with Crippen LogP contribution in [0.4, 0.5) is 4.79 Å². The van der Waals surface area contributed by atoms with Crippen molar-refractivity contribution in [3.63, 3.8) is 0 Å². The van der Waals surface area contributed by atoms with Crippen molar-refractivity contribution < 1.29 is 14.7 Å². The van der Waals surface area contributed by atoms with Crippen LogP contribution in [0.2, 0.25) is 0 Å². The number of rotatable bonds is 5. The van der Waals surface area contributed by atoms with Crippen LogP contribution in [0.3, 0.4) is 0 Å². The molecular formula is C18H20N2O3. The molecule has 0 heterocycles. The SMILES string of the molecule is CC([C@@H]1C[C@H]1c1ccc(Oc2ccccc2)cc1)N(O)C(N)=O. The minimum atomic E-state index is -0.810. The third-order valence-electron chi connectivity index (χ3n) is 4.36. The molecule has 120 valence electrons. The minimum absolute atomic E-state index is 0.230. The van der Waals surface area contributed by atoms with Crippen LogP contribution in [-0.2, 0) is 0 Å². The van der Waals surface area contributed by atoms with Gasteiger partial charge in [-0.1, -0.05) is 30.3 Å². The Morgan fingerprint density at radius 3 is 2.39 bits per heavy atom. The number of hydrogen-bond acceptors (Lipinski definition) is 3. The van der Waals surface area contributed by atoms with E-state index in [2.05, 4.69) is 0 Å². The maximum Gasteiger partial charge on any atom is 0.338 e. The average Bonchev–Trinajstić information content (AvgIpc) is 3.35. The van der Waals surface area contributed by atoms with Crippen LogP contribution >= 0.6 is 0 Å². The van der Waals surface area contributed by atoms with E-state index in [-0.39, 0.29) is 12.0 Å². The Balaban J connectivity index is 1.62. The smallest absolute Gasteiger partial charge is 0.338 e. The van der Waals surface area contributed by atoms with E-state index in [0.29, 0.717) is 11.0 Å². The highest BCUT2D eigenvalue weighted by Gasteiger charge is 2.44. The fourth-order valence-corrected chi connectivity index (χ4v) is 2.92. The van der Waals surface area contributed by atoms with Crippen molar-refractivity contribution in [2.75, 3.05) is 0 Å². The second-order valence-corrected chi connectivity index (χ2v) is 5.91. The summed E-state index contributed by atoms with van der Waals surface area (Å²) in [4.78, 5) is 11.0. The fraction of sp³-hybridized carbons (Fsp3) is 0.278. The van der Waals surface area contributed by atoms with Crippen LogP contribution in [0.1, 0.15) is 24.8 Å². The third kappa shape index (κ3) is 3.46. The van der Waals surface area contributed by atoms with Gasteiger partial charge in [0.1, 0.15) is 11.5 Å². The molecule has 2 aromatic carbocycles. The Labute approximate surface area is 135 Å². The minimum Gasteiger partial charge on any atom is -0.457 e. The summed E-state index contributed by atoms with van der Waals surface area (Å²) in [7, 11) is 0. The van der Waals surface area contributed by atoms with E-state index in [1.807, 2.05) is 61.5 Å². The van der Waals surface area contributed by atoms with Gasteiger partial charge in [0.15, 0.2) is 0 Å². The lowest BCUT2D eigenvalue weighted by Crippen LogP contribution is -2.40. The Hall–Kier alpha value is -2.53. The van der Waals surface area contributed by atoms with Gasteiger partial charge in [-0.3, -0.25) is 5.21 Å². The number of amides is 2. The number of nitrogens with zero attached hydrogens (tertiary/aromatic N) is 1. The number of benzene rings is 2. The summed E-state index contributed by atoms with van der Waals surface area (Å²) >= 11 is 0. The van der Waals surface area contributed by atoms with Gasteiger partial charge < -0.3 is 10.5 Å². The number of carbonyl (C=O) groups is 1. The predicted octanol–water partition coefficient (Wildman–Crippen LogP) is 3.74. The van der Waals surface area contributed by atoms with E-state index in [9.17, 15) is 10.0 Å². The molecule has 3 atom stereocenters. The molecule has 0 bridgehead atoms. The number of hydrogen-bond donors (Lipinski definition) is 2. The first kappa shape index (κ1) is 15.4. The Kier molecular flexibility index (Phi) is 4.21. The molecule has 0 aromatic heterocycles. The number of urea groups is 1. The molecule has 2 amide bonds. The highest BCUT2D eigenvalue weighted by atomic mass is 16.5. The van der Waals surface area contributed by atoms with Gasteiger partial charge in [-0.05, 0) is 55.0 Å². The van der Waals surface area contributed by atoms with Crippen molar-refractivity contribution in [3.05, 3.63) is 60.2 Å². The van der Waals surface area contributed by atoms with Crippen LogP contribution in [0, 0.1) is 5.92 Å². The maximum atomic E-state index is 11.0. The van der Waals surface area contributed by atoms with Gasteiger partial charge in [0.2, 0.25) is 0 Å². The molecule has 0 spiro atoms. The van der Waals surface area contributed by atoms with Crippen molar-refractivity contribution in [1.29, 1.82) is 0 Å². The Bertz CT molecular complexity index is 672. The number of hydroxylamine groups is 2. The topological polar surface area (TPSA) is 75.8 Å². The van der Waals surface area contributed by atoms with Crippen molar-refractivity contribution in [1.82, 2.24) is 5.06 Å². The average molecular weight is 312 g/mol. The van der Waals surface area contributed by atoms with E-state index >= 15 is 0 Å². The molecule has 0 saturated heterocycles. The Morgan fingerprint density at radius 2 is 1.78 bits per heavy atom. The van der Waals surface area contributed by atoms with E-state index in [0.717, 1.165) is 17.9 Å². The van der Waals surface area contributed by atoms with Gasteiger partial charge in [-0.25, -0.2) is 9.86 Å². The van der Waals surface area contributed by atoms with Crippen LogP contribution < -0.4 is 10.5 Å². The molecule has 1 unspecified atom stereocenters. The van der Waals surface area contributed by atoms with Gasteiger partial charge >= 0.3 is 6.03 Å². The molecule has 23 heavy (non-hydrogen) atoms. The summed E-state index contributed by atoms with van der Waals surface area (Å²) < 4.78 is 5.77. The van der Waals surface area contributed by atoms with Gasteiger partial charge in [0, 0.05) is 0 Å². The Morgan fingerprint density at radius 1 is 1.17 bits per heavy atom. The first-order valence-corrected chi connectivity index (χ1v) is 7.66. The summed E-state index contributed by atoms with van der Waals surface area (Å²) in [5.74, 6) is 2.15. The molecule has 1 aliphatic carbocycles. The standard InChI is InChI=1S/C18H20N2O3/c1-12(20(22)18(19)21)16-11-17(16)13-7-9-15(10-8-13)23-14-5-3-2-4-6-14/h2-10,12,16-17,22H,11H2,1H3,(H2,19,21)/t12?,16-,17-/m0/s1.